The molecule has 2 amide bonds. The molecule has 2 rings (SSSR count). The lowest BCUT2D eigenvalue weighted by Crippen LogP contribution is -2.52. The molecular formula is C25H40N4O6S. The third-order valence-corrected chi connectivity index (χ3v) is 6.86. The van der Waals surface area contributed by atoms with E-state index in [0.717, 1.165) is 29.1 Å². The van der Waals surface area contributed by atoms with Crippen LogP contribution in [0.5, 0.6) is 0 Å². The summed E-state index contributed by atoms with van der Waals surface area (Å²) in [5, 5.41) is 0. The average Bonchev–Trinajstić information content (AvgIpc) is 2.84. The Balaban J connectivity index is 2.26. The molecule has 0 aromatic heterocycles. The number of hydrazine groups is 1. The van der Waals surface area contributed by atoms with E-state index in [1.165, 1.54) is 0 Å². The number of amides is 2. The van der Waals surface area contributed by atoms with Crippen LogP contribution >= 0.6 is 0 Å². The molecule has 36 heavy (non-hydrogen) atoms. The summed E-state index contributed by atoms with van der Waals surface area (Å²) in [6.07, 6.45) is 7.33. The van der Waals surface area contributed by atoms with E-state index in [1.54, 1.807) is 0 Å². The molecule has 0 radical (unpaired) electrons. The molecule has 0 aliphatic carbocycles. The third-order valence-electron chi connectivity index (χ3n) is 5.78. The molecule has 3 atom stereocenters. The maximum absolute atomic E-state index is 13.4. The average molecular weight is 525 g/mol. The summed E-state index contributed by atoms with van der Waals surface area (Å²) in [6.45, 7) is 4.39. The van der Waals surface area contributed by atoms with Gasteiger partial charge in [-0.25, -0.2) is 18.7 Å². The van der Waals surface area contributed by atoms with E-state index in [9.17, 15) is 18.0 Å². The summed E-state index contributed by atoms with van der Waals surface area (Å²) >= 11 is 0. The van der Waals surface area contributed by atoms with Crippen LogP contribution in [0.1, 0.15) is 51.5 Å². The Morgan fingerprint density at radius 3 is 2.50 bits per heavy atom. The monoisotopic (exact) mass is 524 g/mol. The Morgan fingerprint density at radius 2 is 1.92 bits per heavy atom. The molecule has 4 N–H and O–H groups in total. The number of nitrogens with zero attached hydrogens (tertiary/aromatic N) is 1. The first-order valence-corrected chi connectivity index (χ1v) is 14.2. The minimum Gasteiger partial charge on any atom is -0.350 e. The van der Waals surface area contributed by atoms with Crippen molar-refractivity contribution in [2.45, 2.75) is 52.2 Å². The summed E-state index contributed by atoms with van der Waals surface area (Å²) in [5.41, 5.74) is 11.5. The number of sulfonamides is 1. The third kappa shape index (κ3) is 10.4. The number of hydrogen-bond acceptors (Lipinski definition) is 7. The van der Waals surface area contributed by atoms with Crippen molar-refractivity contribution in [3.05, 3.63) is 42.0 Å². The summed E-state index contributed by atoms with van der Waals surface area (Å²) in [4.78, 5) is 32.2. The van der Waals surface area contributed by atoms with Crippen molar-refractivity contribution in [2.75, 3.05) is 26.0 Å². The van der Waals surface area contributed by atoms with Crippen molar-refractivity contribution in [3.8, 4) is 0 Å². The predicted octanol–water partition coefficient (Wildman–Crippen LogP) is 2.19. The minimum atomic E-state index is -3.74. The lowest BCUT2D eigenvalue weighted by atomic mass is 9.82. The highest BCUT2D eigenvalue weighted by molar-refractivity contribution is 7.88. The summed E-state index contributed by atoms with van der Waals surface area (Å²) in [5.74, 6) is -2.59. The van der Waals surface area contributed by atoms with Gasteiger partial charge in [0.1, 0.15) is 0 Å². The highest BCUT2D eigenvalue weighted by Gasteiger charge is 2.36. The summed E-state index contributed by atoms with van der Waals surface area (Å²) in [6, 6.07) is 9.60. The van der Waals surface area contributed by atoms with E-state index in [2.05, 4.69) is 10.9 Å². The Labute approximate surface area is 214 Å². The number of benzene rings is 1. The van der Waals surface area contributed by atoms with Crippen LogP contribution in [0, 0.1) is 17.8 Å². The largest absolute Gasteiger partial charge is 0.350 e. The number of rotatable bonds is 14. The van der Waals surface area contributed by atoms with Gasteiger partial charge in [0.15, 0.2) is 6.29 Å². The fraction of sp³-hybridized carbons (Fsp3) is 0.600. The maximum atomic E-state index is 13.4. The second-order valence-corrected chi connectivity index (χ2v) is 11.3. The lowest BCUT2D eigenvalue weighted by molar-refractivity contribution is -0.203. The van der Waals surface area contributed by atoms with Gasteiger partial charge in [-0.3, -0.25) is 15.0 Å². The topological polar surface area (TPSA) is 140 Å². The molecule has 1 heterocycles. The number of nitrogens with one attached hydrogen (secondary N) is 2. The zero-order chi connectivity index (χ0) is 26.6. The van der Waals surface area contributed by atoms with Crippen molar-refractivity contribution >= 4 is 27.9 Å². The van der Waals surface area contributed by atoms with Gasteiger partial charge in [-0.15, -0.1) is 4.41 Å². The summed E-state index contributed by atoms with van der Waals surface area (Å²) < 4.78 is 30.6. The molecule has 11 heteroatoms. The fourth-order valence-corrected chi connectivity index (χ4v) is 4.65. The van der Waals surface area contributed by atoms with Gasteiger partial charge in [-0.05, 0) is 37.2 Å². The molecule has 0 saturated carbocycles. The van der Waals surface area contributed by atoms with Crippen LogP contribution in [0.4, 0.5) is 0 Å². The molecule has 1 aliphatic rings. The molecule has 10 nitrogen and oxygen atoms in total. The van der Waals surface area contributed by atoms with Gasteiger partial charge >= 0.3 is 0 Å². The fourth-order valence-electron chi connectivity index (χ4n) is 3.96. The molecule has 202 valence electrons. The number of nitrogens with two attached hydrogens (primary N) is 1. The zero-order valence-electron chi connectivity index (χ0n) is 21.4. The smallest absolute Gasteiger partial charge is 0.247 e. The van der Waals surface area contributed by atoms with E-state index in [0.29, 0.717) is 19.4 Å². The minimum absolute atomic E-state index is 0.0289. The Kier molecular flexibility index (Phi) is 12.5. The van der Waals surface area contributed by atoms with Crippen LogP contribution < -0.4 is 16.6 Å². The van der Waals surface area contributed by atoms with E-state index in [4.69, 9.17) is 15.3 Å². The van der Waals surface area contributed by atoms with Crippen molar-refractivity contribution < 1.29 is 27.6 Å². The second kappa shape index (κ2) is 15.1. The van der Waals surface area contributed by atoms with E-state index in [-0.39, 0.29) is 25.4 Å². The van der Waals surface area contributed by atoms with Crippen LogP contribution in [0.25, 0.3) is 6.08 Å². The van der Waals surface area contributed by atoms with Gasteiger partial charge in [-0.1, -0.05) is 56.3 Å². The second-order valence-electron chi connectivity index (χ2n) is 9.37. The van der Waals surface area contributed by atoms with E-state index in [1.807, 2.05) is 56.3 Å². The van der Waals surface area contributed by atoms with Gasteiger partial charge in [0.25, 0.3) is 0 Å². The van der Waals surface area contributed by atoms with E-state index < -0.39 is 40.0 Å². The Bertz CT molecular complexity index is 949. The number of carbonyl (C=O) groups excluding carboxylic acids is 2. The van der Waals surface area contributed by atoms with Crippen molar-refractivity contribution in [1.29, 1.82) is 0 Å². The molecule has 1 aromatic carbocycles. The van der Waals surface area contributed by atoms with Gasteiger partial charge < -0.3 is 10.5 Å². The Morgan fingerprint density at radius 1 is 1.19 bits per heavy atom. The van der Waals surface area contributed by atoms with Crippen molar-refractivity contribution in [2.24, 2.45) is 23.5 Å². The molecule has 0 bridgehead atoms. The quantitative estimate of drug-likeness (QED) is 0.317. The number of carbonyl (C=O) groups is 2. The van der Waals surface area contributed by atoms with E-state index >= 15 is 0 Å². The SMILES string of the molecule is CC(C)C[C@@H](C(=O)NN(CCN)S(C)(=O)=O)[C@H](CC=Cc1ccccc1)C(=O)NOC1CCCCO1. The molecule has 1 saturated heterocycles. The van der Waals surface area contributed by atoms with Crippen molar-refractivity contribution in [1.82, 2.24) is 15.3 Å². The predicted molar refractivity (Wildman–Crippen MR) is 138 cm³/mol. The van der Waals surface area contributed by atoms with Gasteiger partial charge in [0.2, 0.25) is 21.8 Å². The normalized spacial score (nSPS) is 18.3. The first-order chi connectivity index (χ1) is 17.1. The van der Waals surface area contributed by atoms with Crippen LogP contribution in [-0.2, 0) is 29.2 Å². The highest BCUT2D eigenvalue weighted by atomic mass is 32.2. The maximum Gasteiger partial charge on any atom is 0.247 e. The summed E-state index contributed by atoms with van der Waals surface area (Å²) in [7, 11) is -3.74. The number of allylic oxidation sites excluding steroid dienone is 1. The standard InChI is InChI=1S/C25H40N4O6S/c1-19(2)18-22(24(30)27-29(16-15-26)36(3,32)33)21(13-9-12-20-10-5-4-6-11-20)25(31)28-35-23-14-7-8-17-34-23/h4-6,9-12,19,21-23H,7-8,13-18,26H2,1-3H3,(H,27,30)(H,28,31)/t21-,22+,23?/m0/s1. The first kappa shape index (κ1) is 29.9. The van der Waals surface area contributed by atoms with Crippen LogP contribution in [0.2, 0.25) is 0 Å². The van der Waals surface area contributed by atoms with Crippen LogP contribution in [-0.4, -0.2) is 56.9 Å². The number of ether oxygens (including phenoxy) is 1. The molecular weight excluding hydrogens is 484 g/mol. The lowest BCUT2D eigenvalue weighted by Gasteiger charge is -2.29. The molecule has 1 aromatic rings. The molecule has 1 unspecified atom stereocenters. The van der Waals surface area contributed by atoms with Gasteiger partial charge in [0.05, 0.1) is 18.1 Å². The number of hydroxylamine groups is 1. The van der Waals surface area contributed by atoms with Crippen LogP contribution in [0.3, 0.4) is 0 Å². The molecule has 0 spiro atoms. The van der Waals surface area contributed by atoms with Crippen LogP contribution in [0.15, 0.2) is 36.4 Å². The zero-order valence-corrected chi connectivity index (χ0v) is 22.2. The molecule has 1 fully saturated rings. The highest BCUT2D eigenvalue weighted by Crippen LogP contribution is 2.26. The van der Waals surface area contributed by atoms with Gasteiger partial charge in [-0.2, -0.15) is 0 Å². The Hall–Kier alpha value is -2.31. The first-order valence-electron chi connectivity index (χ1n) is 12.4. The van der Waals surface area contributed by atoms with Crippen molar-refractivity contribution in [3.63, 3.8) is 0 Å². The number of hydrogen-bond donors (Lipinski definition) is 3. The van der Waals surface area contributed by atoms with Gasteiger partial charge in [0, 0.05) is 26.1 Å². The molecule has 1 aliphatic heterocycles.